The number of hydrogen-bond acceptors (Lipinski definition) is 9. The molecular formula is C46H68F2N7O8P. The topological polar surface area (TPSA) is 241 Å². The first kappa shape index (κ1) is 56.9. The normalized spacial score (nSPS) is 15.9. The molecule has 15 nitrogen and oxygen atoms in total. The summed E-state index contributed by atoms with van der Waals surface area (Å²) in [6, 6.07) is 25.3. The summed E-state index contributed by atoms with van der Waals surface area (Å²) in [5, 5.41) is 6.22. The molecule has 9 N–H and O–H groups in total. The predicted molar refractivity (Wildman–Crippen MR) is 248 cm³/mol. The minimum absolute atomic E-state index is 0.0200. The lowest BCUT2D eigenvalue weighted by molar-refractivity contribution is -0.124. The van der Waals surface area contributed by atoms with Crippen LogP contribution in [0.3, 0.4) is 0 Å². The Kier molecular flexibility index (Phi) is 24.8. The number of halogens is 2. The summed E-state index contributed by atoms with van der Waals surface area (Å²) < 4.78 is 37.7. The molecule has 64 heavy (non-hydrogen) atoms. The smallest absolute Gasteiger partial charge is 0.370 e. The van der Waals surface area contributed by atoms with Crippen molar-refractivity contribution in [3.05, 3.63) is 107 Å². The summed E-state index contributed by atoms with van der Waals surface area (Å²) in [7, 11) is -1.71. The van der Waals surface area contributed by atoms with Crippen molar-refractivity contribution in [2.24, 2.45) is 17.4 Å². The van der Waals surface area contributed by atoms with Gasteiger partial charge in [-0.05, 0) is 96.9 Å². The van der Waals surface area contributed by atoms with Crippen molar-refractivity contribution in [1.82, 2.24) is 25.4 Å². The number of carbonyl (C=O) groups excluding carboxylic acids is 5. The van der Waals surface area contributed by atoms with E-state index >= 15 is 0 Å². The molecule has 1 fully saturated rings. The number of likely N-dealkylation sites (N-methyl/N-ethyl adjacent to an activating group) is 1. The Balaban J connectivity index is 0.000000453. The van der Waals surface area contributed by atoms with Crippen LogP contribution in [0.25, 0.3) is 10.9 Å². The van der Waals surface area contributed by atoms with Gasteiger partial charge in [-0.15, -0.1) is 0 Å². The van der Waals surface area contributed by atoms with Gasteiger partial charge in [0.25, 0.3) is 5.91 Å². The van der Waals surface area contributed by atoms with Crippen LogP contribution in [0.4, 0.5) is 8.78 Å². The molecule has 1 aliphatic heterocycles. The average molecular weight is 916 g/mol. The lowest BCUT2D eigenvalue weighted by Crippen LogP contribution is -2.44. The van der Waals surface area contributed by atoms with Gasteiger partial charge in [0.15, 0.2) is 0 Å². The van der Waals surface area contributed by atoms with E-state index in [1.807, 2.05) is 74.4 Å². The summed E-state index contributed by atoms with van der Waals surface area (Å²) >= 11 is 0. The van der Waals surface area contributed by atoms with Gasteiger partial charge < -0.3 is 56.3 Å². The van der Waals surface area contributed by atoms with Crippen molar-refractivity contribution in [3.8, 4) is 0 Å². The van der Waals surface area contributed by atoms with Crippen LogP contribution in [0.1, 0.15) is 100 Å². The van der Waals surface area contributed by atoms with Gasteiger partial charge in [0.2, 0.25) is 11.8 Å². The summed E-state index contributed by atoms with van der Waals surface area (Å²) in [5.74, 6) is -1.17. The number of aldehydes is 1. The molecule has 3 aromatic carbocycles. The molecule has 1 aromatic heterocycles. The van der Waals surface area contributed by atoms with E-state index in [9.17, 15) is 32.5 Å². The number of H-pyrrole nitrogens is 1. The summed E-state index contributed by atoms with van der Waals surface area (Å²) in [6.45, 7) is 16.9. The second-order valence-corrected chi connectivity index (χ2v) is 17.4. The van der Waals surface area contributed by atoms with E-state index in [4.69, 9.17) is 26.0 Å². The summed E-state index contributed by atoms with van der Waals surface area (Å²) in [5.41, 5.74) is 7.48. The van der Waals surface area contributed by atoms with Gasteiger partial charge in [-0.3, -0.25) is 18.9 Å². The fourth-order valence-corrected chi connectivity index (χ4v) is 7.12. The Labute approximate surface area is 375 Å². The van der Waals surface area contributed by atoms with Gasteiger partial charge in [0.05, 0.1) is 12.1 Å². The minimum Gasteiger partial charge on any atom is -0.370 e. The first-order chi connectivity index (χ1) is 30.1. The monoisotopic (exact) mass is 915 g/mol. The zero-order chi connectivity index (χ0) is 48.8. The van der Waals surface area contributed by atoms with Gasteiger partial charge in [0, 0.05) is 53.5 Å². The molecule has 2 heterocycles. The van der Waals surface area contributed by atoms with E-state index in [0.717, 1.165) is 54.7 Å². The second kappa shape index (κ2) is 27.9. The standard InChI is InChI=1S/C19H23N3O2.C10H9F2N2O4P.C9H19NO.C7H15N.CH2O/c1-21-16(12-13-17(20)23)19(24)22-18(14-8-4-2-5-9-14)15-10-6-3-7-11-15;11-10(12,19(16,17)18)6-1-2-7-5(3-6)4-8(14-7)9(13)15;1-5-10(8(2)3)6-9(4)7-11;1-6-4-5-7(2)8(6)3;1-2/h2-11,16,18,21H,12-13H2,1H3,(H2,20,23)(H,22,24);1-4,14H,(H2,13,15)(H2,16,17,18);7-9H,5-6H2,1-4H3;6-7H,4-5H2,1-3H3;1H2. The van der Waals surface area contributed by atoms with E-state index in [1.165, 1.54) is 25.0 Å². The van der Waals surface area contributed by atoms with Crippen molar-refractivity contribution in [1.29, 1.82) is 0 Å². The Morgan fingerprint density at radius 3 is 1.84 bits per heavy atom. The number of amides is 3. The van der Waals surface area contributed by atoms with E-state index in [-0.39, 0.29) is 35.4 Å². The quantitative estimate of drug-likeness (QED) is 0.0501. The molecule has 4 atom stereocenters. The molecule has 0 radical (unpaired) electrons. The number of nitrogens with two attached hydrogens (primary N) is 2. The van der Waals surface area contributed by atoms with Crippen LogP contribution in [0.2, 0.25) is 0 Å². The van der Waals surface area contributed by atoms with Crippen LogP contribution in [-0.2, 0) is 29.4 Å². The zero-order valence-electron chi connectivity index (χ0n) is 38.2. The molecule has 0 spiro atoms. The number of alkyl halides is 2. The third-order valence-electron chi connectivity index (χ3n) is 10.8. The van der Waals surface area contributed by atoms with Crippen LogP contribution in [-0.4, -0.2) is 107 Å². The Hall–Kier alpha value is -5.16. The van der Waals surface area contributed by atoms with Crippen molar-refractivity contribution in [2.45, 2.75) is 103 Å². The summed E-state index contributed by atoms with van der Waals surface area (Å²) in [6.07, 6.45) is 4.33. The van der Waals surface area contributed by atoms with Gasteiger partial charge >= 0.3 is 13.3 Å². The maximum Gasteiger partial charge on any atom is 0.399 e. The second-order valence-electron chi connectivity index (χ2n) is 15.8. The molecule has 5 rings (SSSR count). The molecule has 1 saturated heterocycles. The Bertz CT molecular complexity index is 2020. The van der Waals surface area contributed by atoms with Gasteiger partial charge in [-0.1, -0.05) is 80.6 Å². The third kappa shape index (κ3) is 18.1. The Morgan fingerprint density at radius 2 is 1.47 bits per heavy atom. The number of hydrogen-bond donors (Lipinski definition) is 7. The molecule has 354 valence electrons. The first-order valence-corrected chi connectivity index (χ1v) is 22.6. The van der Waals surface area contributed by atoms with Crippen LogP contribution < -0.4 is 22.1 Å². The van der Waals surface area contributed by atoms with Crippen molar-refractivity contribution < 1.29 is 47.1 Å². The third-order valence-corrected chi connectivity index (χ3v) is 11.8. The SMILES string of the molecule is C=O.CC1CCC(C)N1C.CCN(CC(C)C=O)C(C)C.CNC(CCC(N)=O)C(=O)NC(c1ccccc1)c1ccccc1.NC(=O)c1cc2cc(C(F)(F)P(=O)(O)O)ccc2[nH]1. The van der Waals surface area contributed by atoms with Crippen molar-refractivity contribution in [2.75, 3.05) is 27.2 Å². The van der Waals surface area contributed by atoms with Crippen LogP contribution >= 0.6 is 7.60 Å². The fraction of sp³-hybridized carbons (Fsp3) is 0.457. The molecule has 0 bridgehead atoms. The van der Waals surface area contributed by atoms with Crippen LogP contribution in [0.5, 0.6) is 0 Å². The van der Waals surface area contributed by atoms with Crippen LogP contribution in [0.15, 0.2) is 84.9 Å². The lowest BCUT2D eigenvalue weighted by atomic mass is 9.98. The maximum absolute atomic E-state index is 13.5. The highest BCUT2D eigenvalue weighted by molar-refractivity contribution is 7.52. The number of benzene rings is 3. The fourth-order valence-electron chi connectivity index (χ4n) is 6.65. The number of nitrogens with one attached hydrogen (secondary N) is 3. The maximum atomic E-state index is 13.5. The predicted octanol–water partition coefficient (Wildman–Crippen LogP) is 6.10. The summed E-state index contributed by atoms with van der Waals surface area (Å²) in [4.78, 5) is 77.5. The first-order valence-electron chi connectivity index (χ1n) is 21.0. The average Bonchev–Trinajstić information content (AvgIpc) is 3.84. The highest BCUT2D eigenvalue weighted by Crippen LogP contribution is 2.59. The molecule has 4 aromatic rings. The molecule has 4 unspecified atom stereocenters. The van der Waals surface area contributed by atoms with E-state index < -0.39 is 36.7 Å². The van der Waals surface area contributed by atoms with E-state index in [0.29, 0.717) is 18.0 Å². The number of aromatic nitrogens is 1. The van der Waals surface area contributed by atoms with E-state index in [1.54, 1.807) is 7.05 Å². The largest absolute Gasteiger partial charge is 0.399 e. The van der Waals surface area contributed by atoms with E-state index in [2.05, 4.69) is 67.1 Å². The number of likely N-dealkylation sites (tertiary alicyclic amines) is 1. The molecule has 18 heteroatoms. The lowest BCUT2D eigenvalue weighted by Gasteiger charge is -2.25. The highest BCUT2D eigenvalue weighted by Gasteiger charge is 2.50. The van der Waals surface area contributed by atoms with Crippen molar-refractivity contribution in [3.63, 3.8) is 0 Å². The van der Waals surface area contributed by atoms with Gasteiger partial charge in [-0.25, -0.2) is 0 Å². The van der Waals surface area contributed by atoms with Gasteiger partial charge in [-0.2, -0.15) is 8.78 Å². The molecule has 1 aliphatic rings. The van der Waals surface area contributed by atoms with Gasteiger partial charge in [0.1, 0.15) is 18.8 Å². The van der Waals surface area contributed by atoms with Crippen molar-refractivity contribution >= 4 is 49.3 Å². The number of primary amides is 2. The molecule has 0 saturated carbocycles. The molecular weight excluding hydrogens is 848 g/mol. The highest BCUT2D eigenvalue weighted by atomic mass is 31.2. The number of nitrogens with zero attached hydrogens (tertiary/aromatic N) is 2. The molecule has 0 aliphatic carbocycles. The zero-order valence-corrected chi connectivity index (χ0v) is 39.1. The number of fused-ring (bicyclic) bond motifs is 1. The Morgan fingerprint density at radius 1 is 0.953 bits per heavy atom. The molecule has 3 amide bonds. The number of rotatable bonds is 16. The minimum atomic E-state index is -5.62. The number of aromatic amines is 1. The van der Waals surface area contributed by atoms with Crippen LogP contribution in [0, 0.1) is 5.92 Å². The number of carbonyl (C=O) groups is 5.